The number of furan rings is 1. The molecule has 4 nitrogen and oxygen atoms in total. The van der Waals surface area contributed by atoms with Gasteiger partial charge in [0.2, 0.25) is 0 Å². The van der Waals surface area contributed by atoms with Crippen LogP contribution in [0.4, 0.5) is 0 Å². The number of hydrogen-bond acceptors (Lipinski definition) is 4. The van der Waals surface area contributed by atoms with Gasteiger partial charge in [0.1, 0.15) is 5.76 Å². The molecule has 1 aromatic rings. The molecule has 1 aromatic heterocycles. The van der Waals surface area contributed by atoms with E-state index in [4.69, 9.17) is 4.42 Å². The van der Waals surface area contributed by atoms with Gasteiger partial charge in [0.15, 0.2) is 0 Å². The molecule has 3 aliphatic rings. The van der Waals surface area contributed by atoms with Crippen LogP contribution in [-0.4, -0.2) is 54.6 Å². The maximum absolute atomic E-state index is 5.80. The van der Waals surface area contributed by atoms with Crippen LogP contribution >= 0.6 is 0 Å². The van der Waals surface area contributed by atoms with Crippen molar-refractivity contribution in [2.75, 3.05) is 32.7 Å². The van der Waals surface area contributed by atoms with Crippen molar-refractivity contribution in [3.63, 3.8) is 0 Å². The van der Waals surface area contributed by atoms with Gasteiger partial charge in [-0.15, -0.1) is 0 Å². The topological polar surface area (TPSA) is 31.7 Å². The van der Waals surface area contributed by atoms with Gasteiger partial charge in [-0.05, 0) is 76.8 Å². The van der Waals surface area contributed by atoms with Gasteiger partial charge in [0.05, 0.1) is 12.3 Å². The van der Waals surface area contributed by atoms with Crippen LogP contribution in [0.5, 0.6) is 0 Å². The molecule has 0 aromatic carbocycles. The molecule has 4 rings (SSSR count). The van der Waals surface area contributed by atoms with Crippen molar-refractivity contribution in [1.29, 1.82) is 0 Å². The lowest BCUT2D eigenvalue weighted by Crippen LogP contribution is -2.49. The molecule has 146 valence electrons. The Balaban J connectivity index is 1.26. The molecule has 2 aliphatic heterocycles. The Morgan fingerprint density at radius 3 is 2.35 bits per heavy atom. The number of hydrogen-bond donors (Lipinski definition) is 1. The number of piperidine rings is 2. The lowest BCUT2D eigenvalue weighted by Gasteiger charge is -2.40. The number of rotatable bonds is 6. The first-order chi connectivity index (χ1) is 12.9. The van der Waals surface area contributed by atoms with Crippen molar-refractivity contribution < 1.29 is 4.42 Å². The van der Waals surface area contributed by atoms with Crippen LogP contribution in [0.3, 0.4) is 0 Å². The fourth-order valence-electron chi connectivity index (χ4n) is 5.31. The van der Waals surface area contributed by atoms with Crippen LogP contribution < -0.4 is 5.32 Å². The van der Waals surface area contributed by atoms with Gasteiger partial charge in [-0.3, -0.25) is 4.90 Å². The zero-order chi connectivity index (χ0) is 17.6. The standard InChI is InChI=1S/C22H37N3O/c1-3-8-20(9-4-1)24-15-11-19(12-16-24)23-18-21(22-10-7-17-26-22)25-13-5-2-6-14-25/h7,10,17,19-21,23H,1-6,8-9,11-16,18H2/t21-/m1/s1. The molecule has 3 heterocycles. The largest absolute Gasteiger partial charge is 0.468 e. The quantitative estimate of drug-likeness (QED) is 0.825. The van der Waals surface area contributed by atoms with Crippen molar-refractivity contribution in [3.8, 4) is 0 Å². The second-order valence-corrected chi connectivity index (χ2v) is 8.64. The summed E-state index contributed by atoms with van der Waals surface area (Å²) in [5.41, 5.74) is 0. The molecule has 0 amide bonds. The van der Waals surface area contributed by atoms with Gasteiger partial charge in [0.25, 0.3) is 0 Å². The van der Waals surface area contributed by atoms with Crippen LogP contribution in [0.2, 0.25) is 0 Å². The van der Waals surface area contributed by atoms with Crippen molar-refractivity contribution in [1.82, 2.24) is 15.1 Å². The minimum atomic E-state index is 0.404. The average Bonchev–Trinajstić information content (AvgIpc) is 3.25. The molecule has 1 saturated carbocycles. The Bertz CT molecular complexity index is 497. The van der Waals surface area contributed by atoms with E-state index in [0.29, 0.717) is 12.1 Å². The van der Waals surface area contributed by atoms with Crippen LogP contribution in [-0.2, 0) is 0 Å². The highest BCUT2D eigenvalue weighted by atomic mass is 16.3. The predicted molar refractivity (Wildman–Crippen MR) is 106 cm³/mol. The highest BCUT2D eigenvalue weighted by Crippen LogP contribution is 2.27. The lowest BCUT2D eigenvalue weighted by molar-refractivity contribution is 0.106. The first-order valence-electron chi connectivity index (χ1n) is 11.1. The first-order valence-corrected chi connectivity index (χ1v) is 11.1. The molecule has 0 bridgehead atoms. The SMILES string of the molecule is c1coc([C@@H](CNC2CCN(C3CCCCC3)CC2)N2CCCCC2)c1. The molecule has 1 aliphatic carbocycles. The summed E-state index contributed by atoms with van der Waals surface area (Å²) < 4.78 is 5.80. The van der Waals surface area contributed by atoms with Crippen molar-refractivity contribution in [2.24, 2.45) is 0 Å². The molecular formula is C22H37N3O. The van der Waals surface area contributed by atoms with Crippen molar-refractivity contribution in [3.05, 3.63) is 24.2 Å². The van der Waals surface area contributed by atoms with E-state index in [0.717, 1.165) is 18.3 Å². The summed E-state index contributed by atoms with van der Waals surface area (Å²) >= 11 is 0. The van der Waals surface area contributed by atoms with Crippen molar-refractivity contribution >= 4 is 0 Å². The predicted octanol–water partition coefficient (Wildman–Crippen LogP) is 4.19. The molecule has 2 saturated heterocycles. The fraction of sp³-hybridized carbons (Fsp3) is 0.818. The normalized spacial score (nSPS) is 26.2. The van der Waals surface area contributed by atoms with Crippen molar-refractivity contribution in [2.45, 2.75) is 82.3 Å². The molecule has 0 spiro atoms. The Kier molecular flexibility index (Phi) is 6.68. The third-order valence-electron chi connectivity index (χ3n) is 6.92. The summed E-state index contributed by atoms with van der Waals surface area (Å²) in [6, 6.07) is 6.16. The highest BCUT2D eigenvalue weighted by Gasteiger charge is 2.28. The summed E-state index contributed by atoms with van der Waals surface area (Å²) in [7, 11) is 0. The maximum Gasteiger partial charge on any atom is 0.122 e. The van der Waals surface area contributed by atoms with Crippen LogP contribution in [0.1, 0.15) is 76.0 Å². The van der Waals surface area contributed by atoms with Gasteiger partial charge in [-0.1, -0.05) is 25.7 Å². The van der Waals surface area contributed by atoms with E-state index >= 15 is 0 Å². The summed E-state index contributed by atoms with van der Waals surface area (Å²) in [5.74, 6) is 1.14. The van der Waals surface area contributed by atoms with Gasteiger partial charge in [-0.2, -0.15) is 0 Å². The second-order valence-electron chi connectivity index (χ2n) is 8.64. The summed E-state index contributed by atoms with van der Waals surface area (Å²) in [5, 5.41) is 3.90. The molecule has 0 radical (unpaired) electrons. The van der Waals surface area contributed by atoms with E-state index in [1.165, 1.54) is 90.4 Å². The first kappa shape index (κ1) is 18.5. The van der Waals surface area contributed by atoms with E-state index in [-0.39, 0.29) is 0 Å². The number of nitrogens with zero attached hydrogens (tertiary/aromatic N) is 2. The Hall–Kier alpha value is -0.840. The second kappa shape index (κ2) is 9.38. The maximum atomic E-state index is 5.80. The lowest BCUT2D eigenvalue weighted by atomic mass is 9.92. The minimum Gasteiger partial charge on any atom is -0.468 e. The third-order valence-corrected chi connectivity index (χ3v) is 6.92. The Morgan fingerprint density at radius 2 is 1.65 bits per heavy atom. The van der Waals surface area contributed by atoms with Gasteiger partial charge in [-0.25, -0.2) is 0 Å². The van der Waals surface area contributed by atoms with E-state index in [2.05, 4.69) is 21.2 Å². The van der Waals surface area contributed by atoms with Crippen LogP contribution in [0.15, 0.2) is 22.8 Å². The smallest absolute Gasteiger partial charge is 0.122 e. The van der Waals surface area contributed by atoms with Crippen LogP contribution in [0, 0.1) is 0 Å². The average molecular weight is 360 g/mol. The number of nitrogens with one attached hydrogen (secondary N) is 1. The highest BCUT2D eigenvalue weighted by molar-refractivity contribution is 5.06. The molecule has 0 unspecified atom stereocenters. The fourth-order valence-corrected chi connectivity index (χ4v) is 5.31. The molecule has 26 heavy (non-hydrogen) atoms. The van der Waals surface area contributed by atoms with Gasteiger partial charge >= 0.3 is 0 Å². The molecule has 1 N–H and O–H groups in total. The van der Waals surface area contributed by atoms with E-state index < -0.39 is 0 Å². The summed E-state index contributed by atoms with van der Waals surface area (Å²) in [6.07, 6.45) is 15.7. The Morgan fingerprint density at radius 1 is 0.923 bits per heavy atom. The minimum absolute atomic E-state index is 0.404. The molecule has 3 fully saturated rings. The number of likely N-dealkylation sites (tertiary alicyclic amines) is 2. The zero-order valence-electron chi connectivity index (χ0n) is 16.4. The summed E-state index contributed by atoms with van der Waals surface area (Å²) in [6.45, 7) is 6.04. The van der Waals surface area contributed by atoms with E-state index in [1.54, 1.807) is 0 Å². The van der Waals surface area contributed by atoms with Crippen LogP contribution in [0.25, 0.3) is 0 Å². The third kappa shape index (κ3) is 4.71. The van der Waals surface area contributed by atoms with Gasteiger partial charge < -0.3 is 14.6 Å². The zero-order valence-corrected chi connectivity index (χ0v) is 16.4. The molecule has 4 heteroatoms. The molecule has 1 atom stereocenters. The van der Waals surface area contributed by atoms with E-state index in [1.807, 2.05) is 12.3 Å². The molecular weight excluding hydrogens is 322 g/mol. The van der Waals surface area contributed by atoms with Gasteiger partial charge in [0, 0.05) is 18.6 Å². The van der Waals surface area contributed by atoms with E-state index in [9.17, 15) is 0 Å². The monoisotopic (exact) mass is 359 g/mol. The summed E-state index contributed by atoms with van der Waals surface area (Å²) in [4.78, 5) is 5.42. The Labute approximate surface area is 159 Å².